The van der Waals surface area contributed by atoms with Crippen LogP contribution in [-0.2, 0) is 11.3 Å². The molecular weight excluding hydrogens is 360 g/mol. The minimum absolute atomic E-state index is 0.117. The van der Waals surface area contributed by atoms with E-state index in [1.165, 1.54) is 28.5 Å². The Morgan fingerprint density at radius 1 is 1.19 bits per heavy atom. The van der Waals surface area contributed by atoms with E-state index in [9.17, 15) is 4.79 Å². The maximum atomic E-state index is 12.4. The standard InChI is InChI=1S/C21H22N2OS2/c1-5-10-23-18-11-15(3)16(4)12-19(18)26-21(23)22-20(24)13-25-17-8-6-14(2)7-9-17/h5-9,11-12H,1,10,13H2,2-4H3. The number of rotatable bonds is 5. The molecule has 0 spiro atoms. The fourth-order valence-corrected chi connectivity index (χ4v) is 4.45. The average molecular weight is 383 g/mol. The number of aromatic nitrogens is 1. The van der Waals surface area contributed by atoms with Gasteiger partial charge in [0.2, 0.25) is 0 Å². The molecular formula is C21H22N2OS2. The zero-order chi connectivity index (χ0) is 18.7. The number of amides is 1. The number of fused-ring (bicyclic) bond motifs is 1. The summed E-state index contributed by atoms with van der Waals surface area (Å²) < 4.78 is 3.21. The molecule has 1 aromatic heterocycles. The van der Waals surface area contributed by atoms with Crippen LogP contribution in [0.15, 0.2) is 58.9 Å². The molecule has 3 nitrogen and oxygen atoms in total. The Labute approximate surface area is 162 Å². The summed E-state index contributed by atoms with van der Waals surface area (Å²) in [5, 5.41) is 0. The van der Waals surface area contributed by atoms with Crippen molar-refractivity contribution < 1.29 is 4.79 Å². The molecule has 3 rings (SSSR count). The largest absolute Gasteiger partial charge is 0.312 e. The molecule has 1 heterocycles. The zero-order valence-corrected chi connectivity index (χ0v) is 16.9. The highest BCUT2D eigenvalue weighted by molar-refractivity contribution is 8.00. The second-order valence-corrected chi connectivity index (χ2v) is 8.35. The van der Waals surface area contributed by atoms with Crippen LogP contribution in [0.2, 0.25) is 0 Å². The van der Waals surface area contributed by atoms with Gasteiger partial charge in [0.25, 0.3) is 5.91 Å². The number of hydrogen-bond acceptors (Lipinski definition) is 3. The SMILES string of the molecule is C=CCn1c(=NC(=O)CSc2ccc(C)cc2)sc2cc(C)c(C)cc21. The summed E-state index contributed by atoms with van der Waals surface area (Å²) in [6.07, 6.45) is 1.84. The monoisotopic (exact) mass is 382 g/mol. The molecule has 5 heteroatoms. The number of allylic oxidation sites excluding steroid dienone is 1. The van der Waals surface area contributed by atoms with Gasteiger partial charge in [-0.15, -0.1) is 18.3 Å². The Hall–Kier alpha value is -2.11. The van der Waals surface area contributed by atoms with E-state index in [0.717, 1.165) is 19.9 Å². The second-order valence-electron chi connectivity index (χ2n) is 6.30. The lowest BCUT2D eigenvalue weighted by molar-refractivity contribution is -0.115. The van der Waals surface area contributed by atoms with E-state index in [2.05, 4.69) is 61.2 Å². The molecule has 0 aliphatic rings. The van der Waals surface area contributed by atoms with Gasteiger partial charge in [0.1, 0.15) is 0 Å². The Morgan fingerprint density at radius 3 is 2.58 bits per heavy atom. The van der Waals surface area contributed by atoms with Gasteiger partial charge in [-0.3, -0.25) is 4.79 Å². The molecule has 2 aromatic carbocycles. The Morgan fingerprint density at radius 2 is 1.88 bits per heavy atom. The highest BCUT2D eigenvalue weighted by Crippen LogP contribution is 2.22. The highest BCUT2D eigenvalue weighted by atomic mass is 32.2. The number of aryl methyl sites for hydroxylation is 3. The molecule has 0 saturated carbocycles. The van der Waals surface area contributed by atoms with Crippen LogP contribution in [0.25, 0.3) is 10.2 Å². The van der Waals surface area contributed by atoms with Gasteiger partial charge in [-0.05, 0) is 56.2 Å². The molecule has 1 amide bonds. The molecule has 134 valence electrons. The Kier molecular flexibility index (Phi) is 5.79. The third-order valence-electron chi connectivity index (χ3n) is 4.21. The smallest absolute Gasteiger partial charge is 0.258 e. The van der Waals surface area contributed by atoms with Crippen molar-refractivity contribution in [1.82, 2.24) is 4.57 Å². The summed E-state index contributed by atoms with van der Waals surface area (Å²) in [6.45, 7) is 10.7. The number of carbonyl (C=O) groups is 1. The van der Waals surface area contributed by atoms with Gasteiger partial charge in [-0.1, -0.05) is 35.1 Å². The molecule has 0 fully saturated rings. The summed E-state index contributed by atoms with van der Waals surface area (Å²) >= 11 is 3.08. The summed E-state index contributed by atoms with van der Waals surface area (Å²) in [4.78, 5) is 18.6. The van der Waals surface area contributed by atoms with Crippen molar-refractivity contribution in [3.63, 3.8) is 0 Å². The van der Waals surface area contributed by atoms with Crippen LogP contribution in [0.3, 0.4) is 0 Å². The van der Waals surface area contributed by atoms with Crippen molar-refractivity contribution in [2.75, 3.05) is 5.75 Å². The van der Waals surface area contributed by atoms with E-state index in [-0.39, 0.29) is 5.91 Å². The number of hydrogen-bond donors (Lipinski definition) is 0. The lowest BCUT2D eigenvalue weighted by atomic mass is 10.1. The molecule has 26 heavy (non-hydrogen) atoms. The van der Waals surface area contributed by atoms with Crippen LogP contribution in [0.1, 0.15) is 16.7 Å². The Balaban J connectivity index is 1.89. The van der Waals surface area contributed by atoms with E-state index in [4.69, 9.17) is 0 Å². The summed E-state index contributed by atoms with van der Waals surface area (Å²) in [5.74, 6) is 0.220. The molecule has 0 radical (unpaired) electrons. The highest BCUT2D eigenvalue weighted by Gasteiger charge is 2.09. The van der Waals surface area contributed by atoms with E-state index in [0.29, 0.717) is 12.3 Å². The van der Waals surface area contributed by atoms with Crippen molar-refractivity contribution in [2.24, 2.45) is 4.99 Å². The van der Waals surface area contributed by atoms with Gasteiger partial charge in [0.15, 0.2) is 4.80 Å². The molecule has 0 atom stereocenters. The topological polar surface area (TPSA) is 34.4 Å². The van der Waals surface area contributed by atoms with Gasteiger partial charge in [-0.25, -0.2) is 0 Å². The molecule has 0 aliphatic carbocycles. The van der Waals surface area contributed by atoms with Crippen LogP contribution < -0.4 is 4.80 Å². The van der Waals surface area contributed by atoms with Crippen LogP contribution in [-0.4, -0.2) is 16.2 Å². The van der Waals surface area contributed by atoms with Gasteiger partial charge >= 0.3 is 0 Å². The molecule has 0 unspecified atom stereocenters. The van der Waals surface area contributed by atoms with Crippen molar-refractivity contribution in [2.45, 2.75) is 32.2 Å². The number of benzene rings is 2. The minimum atomic E-state index is -0.117. The third kappa shape index (κ3) is 4.17. The van der Waals surface area contributed by atoms with E-state index >= 15 is 0 Å². The molecule has 0 N–H and O–H groups in total. The van der Waals surface area contributed by atoms with Crippen molar-refractivity contribution in [1.29, 1.82) is 0 Å². The normalized spacial score (nSPS) is 11.9. The minimum Gasteiger partial charge on any atom is -0.312 e. The predicted octanol–water partition coefficient (Wildman–Crippen LogP) is 5.03. The van der Waals surface area contributed by atoms with E-state index < -0.39 is 0 Å². The molecule has 0 bridgehead atoms. The Bertz CT molecular complexity index is 1030. The lowest BCUT2D eigenvalue weighted by Gasteiger charge is -2.04. The first-order chi connectivity index (χ1) is 12.5. The van der Waals surface area contributed by atoms with E-state index in [1.807, 2.05) is 18.2 Å². The van der Waals surface area contributed by atoms with Crippen LogP contribution >= 0.6 is 23.1 Å². The quantitative estimate of drug-likeness (QED) is 0.458. The molecule has 0 saturated heterocycles. The van der Waals surface area contributed by atoms with Crippen LogP contribution in [0, 0.1) is 20.8 Å². The fraction of sp³-hybridized carbons (Fsp3) is 0.238. The van der Waals surface area contributed by atoms with Crippen molar-refractivity contribution in [3.05, 3.63) is 70.5 Å². The number of thiazole rings is 1. The lowest BCUT2D eigenvalue weighted by Crippen LogP contribution is -2.16. The first-order valence-electron chi connectivity index (χ1n) is 8.46. The van der Waals surface area contributed by atoms with Gasteiger partial charge in [-0.2, -0.15) is 4.99 Å². The van der Waals surface area contributed by atoms with Gasteiger partial charge < -0.3 is 4.57 Å². The van der Waals surface area contributed by atoms with Crippen LogP contribution in [0.4, 0.5) is 0 Å². The summed E-state index contributed by atoms with van der Waals surface area (Å²) in [6, 6.07) is 12.5. The fourth-order valence-electron chi connectivity index (χ4n) is 2.63. The molecule has 0 aliphatic heterocycles. The van der Waals surface area contributed by atoms with Gasteiger partial charge in [0.05, 0.1) is 16.0 Å². The van der Waals surface area contributed by atoms with Gasteiger partial charge in [0, 0.05) is 11.4 Å². The average Bonchev–Trinajstić information content (AvgIpc) is 2.92. The summed E-state index contributed by atoms with van der Waals surface area (Å²) in [7, 11) is 0. The number of thioether (sulfide) groups is 1. The zero-order valence-electron chi connectivity index (χ0n) is 15.3. The predicted molar refractivity (Wildman–Crippen MR) is 112 cm³/mol. The maximum Gasteiger partial charge on any atom is 0.258 e. The first kappa shape index (κ1) is 18.7. The molecule has 3 aromatic rings. The van der Waals surface area contributed by atoms with Crippen LogP contribution in [0.5, 0.6) is 0 Å². The van der Waals surface area contributed by atoms with Crippen molar-refractivity contribution in [3.8, 4) is 0 Å². The second kappa shape index (κ2) is 8.06. The van der Waals surface area contributed by atoms with E-state index in [1.54, 1.807) is 11.3 Å². The number of carbonyl (C=O) groups excluding carboxylic acids is 1. The first-order valence-corrected chi connectivity index (χ1v) is 10.3. The number of nitrogens with zero attached hydrogens (tertiary/aromatic N) is 2. The maximum absolute atomic E-state index is 12.4. The third-order valence-corrected chi connectivity index (χ3v) is 6.25. The van der Waals surface area contributed by atoms with Crippen molar-refractivity contribution >= 4 is 39.2 Å². The summed E-state index contributed by atoms with van der Waals surface area (Å²) in [5.41, 5.74) is 4.81.